The lowest BCUT2D eigenvalue weighted by Gasteiger charge is -2.21. The molecule has 0 aliphatic heterocycles. The summed E-state index contributed by atoms with van der Waals surface area (Å²) in [5, 5.41) is 0. The predicted molar refractivity (Wildman–Crippen MR) is 74.6 cm³/mol. The van der Waals surface area contributed by atoms with E-state index in [4.69, 9.17) is 0 Å². The van der Waals surface area contributed by atoms with Crippen molar-refractivity contribution in [1.82, 2.24) is 0 Å². The van der Waals surface area contributed by atoms with Crippen molar-refractivity contribution < 1.29 is 0 Å². The Balaban J connectivity index is 0.00000256. The van der Waals surface area contributed by atoms with E-state index in [1.807, 2.05) is 13.8 Å². The Hall–Kier alpha value is -1.76. The average Bonchev–Trinajstić information content (AvgIpc) is 2.32. The van der Waals surface area contributed by atoms with E-state index in [1.54, 1.807) is 0 Å². The Labute approximate surface area is 107 Å². The highest BCUT2D eigenvalue weighted by atomic mass is 14.2. The van der Waals surface area contributed by atoms with Crippen molar-refractivity contribution >= 4 is 0 Å². The molecule has 0 unspecified atom stereocenters. The zero-order chi connectivity index (χ0) is 11.6. The van der Waals surface area contributed by atoms with Crippen LogP contribution in [0.15, 0.2) is 0 Å². The summed E-state index contributed by atoms with van der Waals surface area (Å²) in [5.74, 6) is 24.4. The Morgan fingerprint density at radius 2 is 1.00 bits per heavy atom. The van der Waals surface area contributed by atoms with Crippen molar-refractivity contribution in [3.8, 4) is 47.4 Å². The largest absolute Gasteiger partial charge is 0.0925 e. The maximum Gasteiger partial charge on any atom is 0.0214 e. The molecule has 0 spiro atoms. The van der Waals surface area contributed by atoms with Crippen molar-refractivity contribution in [3.05, 3.63) is 0 Å². The molecule has 0 bridgehead atoms. The summed E-state index contributed by atoms with van der Waals surface area (Å²) in [4.78, 5) is 0. The SMILES string of the molecule is C.CC#CC#CC1CCC(C#CC#CC)CC1. The molecule has 1 aliphatic carbocycles. The van der Waals surface area contributed by atoms with Gasteiger partial charge in [-0.2, -0.15) is 0 Å². The quantitative estimate of drug-likeness (QED) is 0.553. The van der Waals surface area contributed by atoms with Gasteiger partial charge in [-0.3, -0.25) is 0 Å². The molecule has 17 heavy (non-hydrogen) atoms. The molecule has 0 aromatic rings. The first-order chi connectivity index (χ1) is 7.86. The van der Waals surface area contributed by atoms with Gasteiger partial charge in [0.25, 0.3) is 0 Å². The van der Waals surface area contributed by atoms with Gasteiger partial charge in [0.15, 0.2) is 0 Å². The molecule has 88 valence electrons. The standard InChI is InChI=1S/C16H16.CH4/c1-3-5-7-9-15-11-13-16(14-12-15)10-8-6-4-2;/h15-16H,11-14H2,1-2H3;1H4. The molecule has 0 nitrogen and oxygen atoms in total. The summed E-state index contributed by atoms with van der Waals surface area (Å²) >= 11 is 0. The van der Waals surface area contributed by atoms with Gasteiger partial charge in [0.2, 0.25) is 0 Å². The zero-order valence-corrected chi connectivity index (χ0v) is 9.98. The first-order valence-corrected chi connectivity index (χ1v) is 5.71. The van der Waals surface area contributed by atoms with Crippen molar-refractivity contribution in [1.29, 1.82) is 0 Å². The van der Waals surface area contributed by atoms with E-state index in [0.717, 1.165) is 25.7 Å². The fourth-order valence-corrected chi connectivity index (χ4v) is 1.78. The molecule has 1 saturated carbocycles. The van der Waals surface area contributed by atoms with E-state index in [9.17, 15) is 0 Å². The summed E-state index contributed by atoms with van der Waals surface area (Å²) in [6, 6.07) is 0. The lowest BCUT2D eigenvalue weighted by molar-refractivity contribution is 0.373. The van der Waals surface area contributed by atoms with Gasteiger partial charge in [-0.05, 0) is 63.2 Å². The monoisotopic (exact) mass is 224 g/mol. The molecular formula is C17H20. The van der Waals surface area contributed by atoms with E-state index in [2.05, 4.69) is 47.4 Å². The van der Waals surface area contributed by atoms with Gasteiger partial charge in [0.05, 0.1) is 0 Å². The van der Waals surface area contributed by atoms with Gasteiger partial charge >= 0.3 is 0 Å². The molecule has 0 radical (unpaired) electrons. The molecule has 0 aromatic heterocycles. The van der Waals surface area contributed by atoms with E-state index < -0.39 is 0 Å². The average molecular weight is 224 g/mol. The number of hydrogen-bond donors (Lipinski definition) is 0. The minimum absolute atomic E-state index is 0. The minimum Gasteiger partial charge on any atom is -0.0925 e. The lowest BCUT2D eigenvalue weighted by Crippen LogP contribution is -2.11. The third-order valence-electron chi connectivity index (χ3n) is 2.65. The van der Waals surface area contributed by atoms with E-state index in [-0.39, 0.29) is 7.43 Å². The van der Waals surface area contributed by atoms with Gasteiger partial charge < -0.3 is 0 Å². The molecule has 1 fully saturated rings. The maximum absolute atomic E-state index is 3.21. The lowest BCUT2D eigenvalue weighted by atomic mass is 9.82. The Kier molecular flexibility index (Phi) is 8.48. The molecular weight excluding hydrogens is 204 g/mol. The second-order valence-corrected chi connectivity index (χ2v) is 3.84. The van der Waals surface area contributed by atoms with Gasteiger partial charge in [-0.1, -0.05) is 31.1 Å². The highest BCUT2D eigenvalue weighted by Crippen LogP contribution is 2.27. The molecule has 0 amide bonds. The predicted octanol–water partition coefficient (Wildman–Crippen LogP) is 3.48. The Morgan fingerprint density at radius 1 is 0.647 bits per heavy atom. The molecule has 1 aliphatic rings. The fraction of sp³-hybridized carbons (Fsp3) is 0.529. The van der Waals surface area contributed by atoms with Crippen LogP contribution in [0.25, 0.3) is 0 Å². The van der Waals surface area contributed by atoms with Crippen LogP contribution in [-0.4, -0.2) is 0 Å². The highest BCUT2D eigenvalue weighted by molar-refractivity contribution is 5.27. The van der Waals surface area contributed by atoms with Crippen LogP contribution < -0.4 is 0 Å². The third-order valence-corrected chi connectivity index (χ3v) is 2.65. The molecule has 0 N–H and O–H groups in total. The maximum atomic E-state index is 3.21. The Morgan fingerprint density at radius 3 is 1.29 bits per heavy atom. The van der Waals surface area contributed by atoms with E-state index in [1.165, 1.54) is 0 Å². The van der Waals surface area contributed by atoms with Crippen molar-refractivity contribution in [2.45, 2.75) is 47.0 Å². The molecule has 0 aromatic carbocycles. The molecule has 0 heterocycles. The molecule has 0 heteroatoms. The summed E-state index contributed by atoms with van der Waals surface area (Å²) in [7, 11) is 0. The van der Waals surface area contributed by atoms with Crippen LogP contribution in [0.5, 0.6) is 0 Å². The van der Waals surface area contributed by atoms with E-state index >= 15 is 0 Å². The van der Waals surface area contributed by atoms with Crippen LogP contribution in [0.3, 0.4) is 0 Å². The van der Waals surface area contributed by atoms with Crippen LogP contribution in [-0.2, 0) is 0 Å². The van der Waals surface area contributed by atoms with Crippen molar-refractivity contribution in [2.24, 2.45) is 11.8 Å². The summed E-state index contributed by atoms with van der Waals surface area (Å²) < 4.78 is 0. The number of hydrogen-bond acceptors (Lipinski definition) is 0. The smallest absolute Gasteiger partial charge is 0.0214 e. The normalized spacial score (nSPS) is 20.6. The third kappa shape index (κ3) is 6.41. The van der Waals surface area contributed by atoms with Gasteiger partial charge in [-0.15, -0.1) is 0 Å². The van der Waals surface area contributed by atoms with Crippen LogP contribution in [0.1, 0.15) is 47.0 Å². The van der Waals surface area contributed by atoms with Crippen LogP contribution >= 0.6 is 0 Å². The fourth-order valence-electron chi connectivity index (χ4n) is 1.78. The second kappa shape index (κ2) is 9.46. The number of rotatable bonds is 0. The summed E-state index contributed by atoms with van der Waals surface area (Å²) in [5.41, 5.74) is 0. The second-order valence-electron chi connectivity index (χ2n) is 3.84. The van der Waals surface area contributed by atoms with Crippen LogP contribution in [0, 0.1) is 59.2 Å². The highest BCUT2D eigenvalue weighted by Gasteiger charge is 2.17. The summed E-state index contributed by atoms with van der Waals surface area (Å²) in [6.45, 7) is 3.63. The topological polar surface area (TPSA) is 0 Å². The van der Waals surface area contributed by atoms with Crippen LogP contribution in [0.4, 0.5) is 0 Å². The van der Waals surface area contributed by atoms with Crippen molar-refractivity contribution in [3.63, 3.8) is 0 Å². The van der Waals surface area contributed by atoms with Crippen LogP contribution in [0.2, 0.25) is 0 Å². The van der Waals surface area contributed by atoms with Gasteiger partial charge in [0.1, 0.15) is 0 Å². The zero-order valence-electron chi connectivity index (χ0n) is 9.98. The molecule has 0 atom stereocenters. The Bertz CT molecular complexity index is 397. The van der Waals surface area contributed by atoms with Gasteiger partial charge in [-0.25, -0.2) is 0 Å². The van der Waals surface area contributed by atoms with Crippen molar-refractivity contribution in [2.75, 3.05) is 0 Å². The molecule has 1 rings (SSSR count). The minimum atomic E-state index is 0. The first kappa shape index (κ1) is 15.2. The van der Waals surface area contributed by atoms with Gasteiger partial charge in [0, 0.05) is 11.8 Å². The first-order valence-electron chi connectivity index (χ1n) is 5.71. The molecule has 0 saturated heterocycles. The summed E-state index contributed by atoms with van der Waals surface area (Å²) in [6.07, 6.45) is 4.60. The van der Waals surface area contributed by atoms with E-state index in [0.29, 0.717) is 11.8 Å².